The van der Waals surface area contributed by atoms with Gasteiger partial charge in [0.05, 0.1) is 10.6 Å². The third kappa shape index (κ3) is 2.52. The molecule has 0 saturated heterocycles. The Hall–Kier alpha value is -1.10. The van der Waals surface area contributed by atoms with Gasteiger partial charge in [-0.3, -0.25) is 4.79 Å². The first kappa shape index (κ1) is 13.0. The second-order valence-corrected chi connectivity index (χ2v) is 3.47. The fraction of sp³-hybridized carbons (Fsp3) is 0.300. The highest BCUT2D eigenvalue weighted by Crippen LogP contribution is 2.33. The van der Waals surface area contributed by atoms with E-state index in [0.717, 1.165) is 0 Å². The van der Waals surface area contributed by atoms with Crippen LogP contribution in [0.25, 0.3) is 0 Å². The van der Waals surface area contributed by atoms with Crippen LogP contribution in [0.4, 0.5) is 17.6 Å². The average molecular weight is 255 g/mol. The van der Waals surface area contributed by atoms with Gasteiger partial charge in [0.25, 0.3) is 0 Å². The van der Waals surface area contributed by atoms with Crippen LogP contribution in [0.3, 0.4) is 0 Å². The molecule has 6 heteroatoms. The maximum atomic E-state index is 13.1. The Balaban J connectivity index is 3.39. The van der Waals surface area contributed by atoms with E-state index in [1.54, 1.807) is 0 Å². The Morgan fingerprint density at radius 1 is 1.38 bits per heavy atom. The van der Waals surface area contributed by atoms with Gasteiger partial charge in [-0.25, -0.2) is 4.39 Å². The Morgan fingerprint density at radius 2 is 1.94 bits per heavy atom. The molecule has 0 aliphatic rings. The summed E-state index contributed by atoms with van der Waals surface area (Å²) in [5, 5.41) is -0.570. The van der Waals surface area contributed by atoms with E-state index < -0.39 is 33.9 Å². The molecule has 0 amide bonds. The Bertz CT molecular complexity index is 426. The average Bonchev–Trinajstić information content (AvgIpc) is 2.19. The molecule has 1 aromatic rings. The second-order valence-electron chi connectivity index (χ2n) is 3.09. The standard InChI is InChI=1S/C10H7ClF4O/c1-2-8(16)6-3-5(10(13,14)15)4-7(12)9(6)11/h3-4H,2H2,1H3. The topological polar surface area (TPSA) is 17.1 Å². The van der Waals surface area contributed by atoms with Crippen LogP contribution in [0, 0.1) is 5.82 Å². The Kier molecular flexibility index (Phi) is 3.57. The monoisotopic (exact) mass is 254 g/mol. The number of hydrogen-bond acceptors (Lipinski definition) is 1. The number of ketones is 1. The van der Waals surface area contributed by atoms with E-state index in [4.69, 9.17) is 11.6 Å². The second kappa shape index (κ2) is 4.41. The van der Waals surface area contributed by atoms with Gasteiger partial charge in [0.15, 0.2) is 5.78 Å². The van der Waals surface area contributed by atoms with Crippen molar-refractivity contribution in [1.82, 2.24) is 0 Å². The molecule has 0 N–H and O–H groups in total. The number of rotatable bonds is 2. The molecule has 0 atom stereocenters. The summed E-state index contributed by atoms with van der Waals surface area (Å²) in [4.78, 5) is 11.2. The predicted molar refractivity (Wildman–Crippen MR) is 51.0 cm³/mol. The number of carbonyl (C=O) groups is 1. The van der Waals surface area contributed by atoms with Crippen molar-refractivity contribution in [3.05, 3.63) is 34.1 Å². The Labute approximate surface area is 94.0 Å². The minimum atomic E-state index is -4.70. The van der Waals surface area contributed by atoms with Crippen molar-refractivity contribution < 1.29 is 22.4 Å². The van der Waals surface area contributed by atoms with E-state index >= 15 is 0 Å². The molecule has 0 heterocycles. The summed E-state index contributed by atoms with van der Waals surface area (Å²) in [6.45, 7) is 1.46. The van der Waals surface area contributed by atoms with Gasteiger partial charge in [-0.1, -0.05) is 18.5 Å². The summed E-state index contributed by atoms with van der Waals surface area (Å²) in [6, 6.07) is 0.839. The van der Waals surface area contributed by atoms with E-state index in [2.05, 4.69) is 0 Å². The van der Waals surface area contributed by atoms with Crippen LogP contribution in [-0.2, 0) is 6.18 Å². The van der Waals surface area contributed by atoms with Gasteiger partial charge in [0.1, 0.15) is 5.82 Å². The summed E-state index contributed by atoms with van der Waals surface area (Å²) in [5.41, 5.74) is -1.65. The van der Waals surface area contributed by atoms with E-state index in [0.29, 0.717) is 6.07 Å². The first-order valence-corrected chi connectivity index (χ1v) is 4.74. The summed E-state index contributed by atoms with van der Waals surface area (Å²) >= 11 is 5.43. The van der Waals surface area contributed by atoms with Crippen molar-refractivity contribution in [2.24, 2.45) is 0 Å². The molecule has 0 unspecified atom stereocenters. The van der Waals surface area contributed by atoms with Crippen molar-refractivity contribution in [2.75, 3.05) is 0 Å². The molecule has 0 aromatic heterocycles. The lowest BCUT2D eigenvalue weighted by atomic mass is 10.0. The fourth-order valence-electron chi connectivity index (χ4n) is 1.15. The van der Waals surface area contributed by atoms with Crippen molar-refractivity contribution in [2.45, 2.75) is 19.5 Å². The van der Waals surface area contributed by atoms with E-state index in [1.165, 1.54) is 6.92 Å². The van der Waals surface area contributed by atoms with Crippen LogP contribution in [-0.4, -0.2) is 5.78 Å². The van der Waals surface area contributed by atoms with Gasteiger partial charge in [-0.05, 0) is 12.1 Å². The van der Waals surface area contributed by atoms with Crippen LogP contribution in [0.1, 0.15) is 29.3 Å². The van der Waals surface area contributed by atoms with Crippen LogP contribution in [0.5, 0.6) is 0 Å². The highest BCUT2D eigenvalue weighted by molar-refractivity contribution is 6.34. The summed E-state index contributed by atoms with van der Waals surface area (Å²) < 4.78 is 50.1. The fourth-order valence-corrected chi connectivity index (χ4v) is 1.36. The number of Topliss-reactive ketones (excluding diaryl/α,β-unsaturated/α-hetero) is 1. The van der Waals surface area contributed by atoms with Crippen LogP contribution < -0.4 is 0 Å². The molecule has 0 bridgehead atoms. The molecule has 0 aliphatic heterocycles. The molecule has 16 heavy (non-hydrogen) atoms. The van der Waals surface area contributed by atoms with E-state index in [-0.39, 0.29) is 12.5 Å². The van der Waals surface area contributed by atoms with E-state index in [1.807, 2.05) is 0 Å². The molecule has 1 aromatic carbocycles. The van der Waals surface area contributed by atoms with Gasteiger partial charge < -0.3 is 0 Å². The van der Waals surface area contributed by atoms with E-state index in [9.17, 15) is 22.4 Å². The lowest BCUT2D eigenvalue weighted by Gasteiger charge is -2.10. The largest absolute Gasteiger partial charge is 0.416 e. The number of benzene rings is 1. The third-order valence-corrected chi connectivity index (χ3v) is 2.36. The van der Waals surface area contributed by atoms with Crippen molar-refractivity contribution >= 4 is 17.4 Å². The smallest absolute Gasteiger partial charge is 0.294 e. The first-order valence-electron chi connectivity index (χ1n) is 4.36. The third-order valence-electron chi connectivity index (χ3n) is 1.98. The number of carbonyl (C=O) groups excluding carboxylic acids is 1. The van der Waals surface area contributed by atoms with Crippen molar-refractivity contribution in [3.63, 3.8) is 0 Å². The van der Waals surface area contributed by atoms with Gasteiger partial charge in [0, 0.05) is 12.0 Å². The molecule has 88 valence electrons. The van der Waals surface area contributed by atoms with Crippen LogP contribution in [0.15, 0.2) is 12.1 Å². The highest BCUT2D eigenvalue weighted by atomic mass is 35.5. The molecule has 0 saturated carbocycles. The minimum Gasteiger partial charge on any atom is -0.294 e. The highest BCUT2D eigenvalue weighted by Gasteiger charge is 2.32. The lowest BCUT2D eigenvalue weighted by Crippen LogP contribution is -2.09. The normalized spacial score (nSPS) is 11.6. The molecule has 0 aliphatic carbocycles. The number of alkyl halides is 3. The first-order chi connectivity index (χ1) is 7.27. The predicted octanol–water partition coefficient (Wildman–Crippen LogP) is 4.09. The maximum absolute atomic E-state index is 13.1. The number of halogens is 5. The molecule has 0 radical (unpaired) electrons. The van der Waals surface area contributed by atoms with Crippen molar-refractivity contribution in [1.29, 1.82) is 0 Å². The molecular formula is C10H7ClF4O. The Morgan fingerprint density at radius 3 is 2.38 bits per heavy atom. The SMILES string of the molecule is CCC(=O)c1cc(C(F)(F)F)cc(F)c1Cl. The maximum Gasteiger partial charge on any atom is 0.416 e. The summed E-state index contributed by atoms with van der Waals surface area (Å²) in [5.74, 6) is -1.87. The van der Waals surface area contributed by atoms with Crippen LogP contribution in [0.2, 0.25) is 5.02 Å². The molecule has 0 fully saturated rings. The van der Waals surface area contributed by atoms with Crippen LogP contribution >= 0.6 is 11.6 Å². The molecule has 0 spiro atoms. The van der Waals surface area contributed by atoms with Gasteiger partial charge in [-0.2, -0.15) is 13.2 Å². The number of hydrogen-bond donors (Lipinski definition) is 0. The van der Waals surface area contributed by atoms with Gasteiger partial charge >= 0.3 is 6.18 Å². The zero-order valence-electron chi connectivity index (χ0n) is 8.16. The quantitative estimate of drug-likeness (QED) is 0.574. The van der Waals surface area contributed by atoms with Gasteiger partial charge in [-0.15, -0.1) is 0 Å². The van der Waals surface area contributed by atoms with Crippen molar-refractivity contribution in [3.8, 4) is 0 Å². The molecule has 1 rings (SSSR count). The summed E-state index contributed by atoms with van der Waals surface area (Å²) in [7, 11) is 0. The summed E-state index contributed by atoms with van der Waals surface area (Å²) in [6.07, 6.45) is -4.74. The molecular weight excluding hydrogens is 248 g/mol. The molecule has 1 nitrogen and oxygen atoms in total. The zero-order valence-corrected chi connectivity index (χ0v) is 8.92. The van der Waals surface area contributed by atoms with Gasteiger partial charge in [0.2, 0.25) is 0 Å². The zero-order chi connectivity index (χ0) is 12.5. The lowest BCUT2D eigenvalue weighted by molar-refractivity contribution is -0.137. The minimum absolute atomic E-state index is 0.0412.